The van der Waals surface area contributed by atoms with Gasteiger partial charge < -0.3 is 10.0 Å². The van der Waals surface area contributed by atoms with Crippen molar-refractivity contribution in [1.82, 2.24) is 9.88 Å². The molecule has 1 aromatic rings. The van der Waals surface area contributed by atoms with Crippen LogP contribution in [-0.2, 0) is 0 Å². The number of nitrogens with zero attached hydrogens (tertiary/aromatic N) is 3. The molecule has 1 saturated heterocycles. The van der Waals surface area contributed by atoms with Gasteiger partial charge >= 0.3 is 0 Å². The lowest BCUT2D eigenvalue weighted by Crippen LogP contribution is -2.55. The second-order valence-electron chi connectivity index (χ2n) is 5.39. The number of anilines is 1. The Morgan fingerprint density at radius 1 is 1.33 bits per heavy atom. The Morgan fingerprint density at radius 2 is 1.94 bits per heavy atom. The van der Waals surface area contributed by atoms with Crippen molar-refractivity contribution >= 4 is 5.82 Å². The van der Waals surface area contributed by atoms with Crippen LogP contribution in [0.4, 0.5) is 5.82 Å². The predicted octanol–water partition coefficient (Wildman–Crippen LogP) is 1.66. The fourth-order valence-electron chi connectivity index (χ4n) is 2.46. The van der Waals surface area contributed by atoms with Crippen LogP contribution in [0.2, 0.25) is 0 Å². The van der Waals surface area contributed by atoms with Gasteiger partial charge in [-0.1, -0.05) is 0 Å². The molecule has 1 fully saturated rings. The van der Waals surface area contributed by atoms with Crippen LogP contribution in [0.3, 0.4) is 0 Å². The third-order valence-corrected chi connectivity index (χ3v) is 3.94. The van der Waals surface area contributed by atoms with E-state index in [2.05, 4.69) is 35.7 Å². The molecule has 4 nitrogen and oxygen atoms in total. The Hall–Kier alpha value is -1.13. The summed E-state index contributed by atoms with van der Waals surface area (Å²) in [6, 6.07) is 4.91. The highest BCUT2D eigenvalue weighted by molar-refractivity contribution is 5.42. The maximum atomic E-state index is 9.64. The van der Waals surface area contributed by atoms with Gasteiger partial charge in [0.15, 0.2) is 0 Å². The number of rotatable bonds is 2. The number of aliphatic hydroxyl groups is 1. The van der Waals surface area contributed by atoms with Gasteiger partial charge in [0.25, 0.3) is 0 Å². The van der Waals surface area contributed by atoms with Crippen LogP contribution in [0.5, 0.6) is 0 Å². The fourth-order valence-corrected chi connectivity index (χ4v) is 2.46. The number of aromatic nitrogens is 1. The average molecular weight is 249 g/mol. The molecule has 1 aliphatic rings. The molecule has 100 valence electrons. The molecule has 2 rings (SSSR count). The molecule has 1 aliphatic heterocycles. The van der Waals surface area contributed by atoms with Gasteiger partial charge in [0, 0.05) is 31.4 Å². The average Bonchev–Trinajstić information content (AvgIpc) is 2.35. The molecule has 3 unspecified atom stereocenters. The summed E-state index contributed by atoms with van der Waals surface area (Å²) in [6.07, 6.45) is 1.35. The quantitative estimate of drug-likeness (QED) is 0.865. The van der Waals surface area contributed by atoms with Gasteiger partial charge in [0.2, 0.25) is 0 Å². The summed E-state index contributed by atoms with van der Waals surface area (Å²) in [5.41, 5.74) is 0.930. The second kappa shape index (κ2) is 5.24. The van der Waals surface area contributed by atoms with Gasteiger partial charge in [-0.25, -0.2) is 4.98 Å². The monoisotopic (exact) mass is 249 g/mol. The Bertz CT molecular complexity index is 396. The van der Waals surface area contributed by atoms with Crippen molar-refractivity contribution in [2.24, 2.45) is 0 Å². The summed E-state index contributed by atoms with van der Waals surface area (Å²) in [5, 5.41) is 9.64. The lowest BCUT2D eigenvalue weighted by atomic mass is 10.1. The van der Waals surface area contributed by atoms with E-state index in [1.807, 2.05) is 12.1 Å². The molecular weight excluding hydrogens is 226 g/mol. The summed E-state index contributed by atoms with van der Waals surface area (Å²) in [6.45, 7) is 8.23. The van der Waals surface area contributed by atoms with E-state index in [-0.39, 0.29) is 0 Å². The summed E-state index contributed by atoms with van der Waals surface area (Å²) < 4.78 is 0. The maximum absolute atomic E-state index is 9.64. The molecule has 4 heteroatoms. The molecule has 0 aromatic carbocycles. The zero-order valence-electron chi connectivity index (χ0n) is 11.7. The predicted molar refractivity (Wildman–Crippen MR) is 73.8 cm³/mol. The van der Waals surface area contributed by atoms with Crippen molar-refractivity contribution in [3.05, 3.63) is 23.9 Å². The maximum Gasteiger partial charge on any atom is 0.128 e. The van der Waals surface area contributed by atoms with Gasteiger partial charge in [-0.15, -0.1) is 0 Å². The highest BCUT2D eigenvalue weighted by Crippen LogP contribution is 2.22. The minimum atomic E-state index is -0.436. The van der Waals surface area contributed by atoms with Crippen LogP contribution >= 0.6 is 0 Å². The largest absolute Gasteiger partial charge is 0.389 e. The first-order valence-corrected chi connectivity index (χ1v) is 6.60. The van der Waals surface area contributed by atoms with Gasteiger partial charge in [0.05, 0.1) is 6.10 Å². The lowest BCUT2D eigenvalue weighted by Gasteiger charge is -2.43. The van der Waals surface area contributed by atoms with Crippen LogP contribution in [0, 0.1) is 0 Å². The summed E-state index contributed by atoms with van der Waals surface area (Å²) >= 11 is 0. The summed E-state index contributed by atoms with van der Waals surface area (Å²) in [5.74, 6) is 0.972. The van der Waals surface area contributed by atoms with Crippen molar-refractivity contribution in [3.8, 4) is 0 Å². The van der Waals surface area contributed by atoms with E-state index < -0.39 is 6.10 Å². The first-order valence-electron chi connectivity index (χ1n) is 6.60. The van der Waals surface area contributed by atoms with Crippen LogP contribution in [0.15, 0.2) is 18.3 Å². The van der Waals surface area contributed by atoms with Crippen LogP contribution in [-0.4, -0.2) is 47.2 Å². The highest BCUT2D eigenvalue weighted by atomic mass is 16.3. The van der Waals surface area contributed by atoms with Crippen molar-refractivity contribution in [2.75, 3.05) is 25.0 Å². The molecule has 2 heterocycles. The highest BCUT2D eigenvalue weighted by Gasteiger charge is 2.27. The smallest absolute Gasteiger partial charge is 0.128 e. The van der Waals surface area contributed by atoms with Crippen LogP contribution in [0.25, 0.3) is 0 Å². The third-order valence-electron chi connectivity index (χ3n) is 3.94. The third kappa shape index (κ3) is 2.65. The minimum Gasteiger partial charge on any atom is -0.389 e. The second-order valence-corrected chi connectivity index (χ2v) is 5.39. The molecule has 0 spiro atoms. The Balaban J connectivity index is 2.19. The van der Waals surface area contributed by atoms with Crippen LogP contribution in [0.1, 0.15) is 32.4 Å². The number of aliphatic hydroxyl groups excluding tert-OH is 1. The van der Waals surface area contributed by atoms with Gasteiger partial charge in [-0.05, 0) is 45.5 Å². The van der Waals surface area contributed by atoms with E-state index in [0.717, 1.165) is 24.5 Å². The topological polar surface area (TPSA) is 39.6 Å². The Morgan fingerprint density at radius 3 is 2.50 bits per heavy atom. The van der Waals surface area contributed by atoms with E-state index in [0.29, 0.717) is 12.1 Å². The molecule has 0 saturated carbocycles. The first-order chi connectivity index (χ1) is 8.49. The normalized spacial score (nSPS) is 27.3. The molecule has 0 radical (unpaired) electrons. The Labute approximate surface area is 109 Å². The minimum absolute atomic E-state index is 0.436. The molecule has 0 aliphatic carbocycles. The number of likely N-dealkylation sites (N-methyl/N-ethyl adjacent to an activating group) is 1. The molecule has 1 N–H and O–H groups in total. The first kappa shape index (κ1) is 13.3. The van der Waals surface area contributed by atoms with E-state index in [1.165, 1.54) is 0 Å². The van der Waals surface area contributed by atoms with Gasteiger partial charge in [-0.2, -0.15) is 0 Å². The van der Waals surface area contributed by atoms with E-state index in [4.69, 9.17) is 0 Å². The SMILES string of the molecule is CC(O)c1ccnc(N2CC(C)N(C)C(C)C2)c1. The van der Waals surface area contributed by atoms with E-state index >= 15 is 0 Å². The number of hydrogen-bond acceptors (Lipinski definition) is 4. The Kier molecular flexibility index (Phi) is 3.88. The van der Waals surface area contributed by atoms with Crippen molar-refractivity contribution in [2.45, 2.75) is 39.0 Å². The fraction of sp³-hybridized carbons (Fsp3) is 0.643. The van der Waals surface area contributed by atoms with E-state index in [9.17, 15) is 5.11 Å². The molecule has 0 amide bonds. The summed E-state index contributed by atoms with van der Waals surface area (Å²) in [4.78, 5) is 9.14. The molecule has 0 bridgehead atoms. The molecule has 18 heavy (non-hydrogen) atoms. The zero-order chi connectivity index (χ0) is 13.3. The van der Waals surface area contributed by atoms with Crippen molar-refractivity contribution in [3.63, 3.8) is 0 Å². The number of pyridine rings is 1. The van der Waals surface area contributed by atoms with Gasteiger partial charge in [0.1, 0.15) is 5.82 Å². The van der Waals surface area contributed by atoms with Gasteiger partial charge in [-0.3, -0.25) is 4.90 Å². The van der Waals surface area contributed by atoms with Crippen molar-refractivity contribution in [1.29, 1.82) is 0 Å². The summed E-state index contributed by atoms with van der Waals surface area (Å²) in [7, 11) is 2.17. The standard InChI is InChI=1S/C14H23N3O/c1-10-8-17(9-11(2)16(10)4)14-7-13(12(3)18)5-6-15-14/h5-7,10-12,18H,8-9H2,1-4H3. The number of piperazine rings is 1. The number of hydrogen-bond donors (Lipinski definition) is 1. The van der Waals surface area contributed by atoms with Crippen molar-refractivity contribution < 1.29 is 5.11 Å². The molecular formula is C14H23N3O. The van der Waals surface area contributed by atoms with E-state index in [1.54, 1.807) is 13.1 Å². The van der Waals surface area contributed by atoms with Crippen LogP contribution < -0.4 is 4.90 Å². The molecule has 3 atom stereocenters. The lowest BCUT2D eigenvalue weighted by molar-refractivity contribution is 0.169. The zero-order valence-corrected chi connectivity index (χ0v) is 11.7. The molecule has 1 aromatic heterocycles.